The molecule has 5 rings (SSSR count). The molecule has 0 aliphatic carbocycles. The molecule has 8 bridgehead atoms. The van der Waals surface area contributed by atoms with Crippen LogP contribution in [0.5, 0.6) is 0 Å². The summed E-state index contributed by atoms with van der Waals surface area (Å²) in [6, 6.07) is 0. The number of rotatable bonds is 0. The molecule has 0 N–H and O–H groups in total. The van der Waals surface area contributed by atoms with E-state index in [4.69, 9.17) is 4.99 Å². The van der Waals surface area contributed by atoms with Crippen LogP contribution >= 0.6 is 0 Å². The van der Waals surface area contributed by atoms with Crippen LogP contribution < -0.4 is 0 Å². The molecule has 0 saturated heterocycles. The molecular formula is C20H11HgN4. The molecule has 0 saturated carbocycles. The maximum absolute atomic E-state index is 4.74. The molecule has 4 nitrogen and oxygen atoms in total. The van der Waals surface area contributed by atoms with Gasteiger partial charge in [0.05, 0.1) is 0 Å². The number of fused-ring (bicyclic) bond motifs is 4. The van der Waals surface area contributed by atoms with Crippen molar-refractivity contribution >= 4 is 22.8 Å². The summed E-state index contributed by atoms with van der Waals surface area (Å²) < 4.78 is 1.32. The summed E-state index contributed by atoms with van der Waals surface area (Å²) in [6.45, 7) is 0. The Bertz CT molecular complexity index is 1080. The second-order valence-corrected chi connectivity index (χ2v) is 9.01. The molecule has 113 valence electrons. The first-order valence-electron chi connectivity index (χ1n) is 8.01. The molecule has 0 aromatic heterocycles. The Morgan fingerprint density at radius 3 is 1.52 bits per heavy atom. The summed E-state index contributed by atoms with van der Waals surface area (Å²) in [5.74, 6) is 0. The molecule has 0 radical (unpaired) electrons. The standard InChI is InChI=1S/C20H11N4.Hg/c1-2-14-10-16-5-6-18(23-16)12-20-8-7-19(24-20)11-17-4-3-15(22-17)9-13(1)21-14;/h1-7,9-12H;. The summed E-state index contributed by atoms with van der Waals surface area (Å²) in [5, 5.41) is 0. The van der Waals surface area contributed by atoms with Crippen molar-refractivity contribution in [1.82, 2.24) is 0 Å². The van der Waals surface area contributed by atoms with Crippen molar-refractivity contribution in [3.8, 4) is 0 Å². The van der Waals surface area contributed by atoms with Crippen LogP contribution in [0.3, 0.4) is 0 Å². The van der Waals surface area contributed by atoms with Gasteiger partial charge in [0.15, 0.2) is 0 Å². The normalized spacial score (nSPS) is 22.7. The van der Waals surface area contributed by atoms with Crippen molar-refractivity contribution in [1.29, 1.82) is 0 Å². The van der Waals surface area contributed by atoms with E-state index in [2.05, 4.69) is 27.1 Å². The van der Waals surface area contributed by atoms with Crippen molar-refractivity contribution in [2.75, 3.05) is 0 Å². The fraction of sp³-hybridized carbons (Fsp3) is 0. The fourth-order valence-corrected chi connectivity index (χ4v) is 4.47. The Morgan fingerprint density at radius 1 is 0.480 bits per heavy atom. The second-order valence-electron chi connectivity index (χ2n) is 6.05. The van der Waals surface area contributed by atoms with Crippen molar-refractivity contribution < 1.29 is 26.1 Å². The summed E-state index contributed by atoms with van der Waals surface area (Å²) in [5.41, 5.74) is 7.46. The third-order valence-electron chi connectivity index (χ3n) is 4.12. The average molecular weight is 508 g/mol. The molecule has 0 unspecified atom stereocenters. The van der Waals surface area contributed by atoms with Crippen LogP contribution in [0.15, 0.2) is 113 Å². The number of aliphatic imine (C=N–C) groups is 4. The Labute approximate surface area is 161 Å². The van der Waals surface area contributed by atoms with E-state index >= 15 is 0 Å². The Hall–Kier alpha value is -2.46. The van der Waals surface area contributed by atoms with Gasteiger partial charge in [-0.05, 0) is 0 Å². The van der Waals surface area contributed by atoms with Crippen LogP contribution in [0, 0.1) is 0 Å². The van der Waals surface area contributed by atoms with Crippen molar-refractivity contribution in [2.45, 2.75) is 0 Å². The first-order chi connectivity index (χ1) is 12.2. The van der Waals surface area contributed by atoms with Crippen LogP contribution in [-0.4, -0.2) is 22.8 Å². The summed E-state index contributed by atoms with van der Waals surface area (Å²) in [4.78, 5) is 18.7. The van der Waals surface area contributed by atoms with E-state index in [1.807, 2.05) is 54.7 Å². The zero-order chi connectivity index (χ0) is 16.8. The van der Waals surface area contributed by atoms with E-state index in [1.165, 1.54) is 3.08 Å². The predicted molar refractivity (Wildman–Crippen MR) is 97.6 cm³/mol. The third kappa shape index (κ3) is 2.98. The summed E-state index contributed by atoms with van der Waals surface area (Å²) in [6.07, 6.45) is 22.3. The molecule has 0 amide bonds. The molecule has 5 heteroatoms. The summed E-state index contributed by atoms with van der Waals surface area (Å²) >= 11 is 0.496. The molecule has 0 spiro atoms. The van der Waals surface area contributed by atoms with Gasteiger partial charge in [0.25, 0.3) is 0 Å². The molecule has 0 atom stereocenters. The molecular weight excluding hydrogens is 497 g/mol. The Balaban J connectivity index is 1.66. The van der Waals surface area contributed by atoms with Crippen molar-refractivity contribution in [3.63, 3.8) is 0 Å². The molecule has 0 aromatic carbocycles. The van der Waals surface area contributed by atoms with E-state index in [0.29, 0.717) is 26.1 Å². The van der Waals surface area contributed by atoms with Crippen LogP contribution in [0.1, 0.15) is 0 Å². The quantitative estimate of drug-likeness (QED) is 0.451. The van der Waals surface area contributed by atoms with E-state index in [9.17, 15) is 0 Å². The average Bonchev–Trinajstić information content (AvgIpc) is 3.33. The monoisotopic (exact) mass is 509 g/mol. The number of hydrogen-bond donors (Lipinski definition) is 0. The van der Waals surface area contributed by atoms with Gasteiger partial charge in [0.1, 0.15) is 0 Å². The van der Waals surface area contributed by atoms with E-state index in [0.717, 1.165) is 45.6 Å². The van der Waals surface area contributed by atoms with Crippen LogP contribution in [0.4, 0.5) is 0 Å². The minimum absolute atomic E-state index is 0.496. The van der Waals surface area contributed by atoms with Crippen LogP contribution in [0.25, 0.3) is 0 Å². The SMILES string of the molecule is [Hg][C]1=CC2=NC1=CC1=NC(=CC3=NC(=CC4=NC(=C2)C=C4)C=C3)C=C1. The molecule has 5 aliphatic rings. The van der Waals surface area contributed by atoms with Gasteiger partial charge in [0, 0.05) is 0 Å². The van der Waals surface area contributed by atoms with Crippen molar-refractivity contribution in [2.24, 2.45) is 20.0 Å². The molecule has 5 aliphatic heterocycles. The van der Waals surface area contributed by atoms with Crippen LogP contribution in [0.2, 0.25) is 0 Å². The van der Waals surface area contributed by atoms with Gasteiger partial charge < -0.3 is 0 Å². The van der Waals surface area contributed by atoms with Gasteiger partial charge in [0.2, 0.25) is 0 Å². The Morgan fingerprint density at radius 2 is 0.960 bits per heavy atom. The molecule has 0 fully saturated rings. The summed E-state index contributed by atoms with van der Waals surface area (Å²) in [7, 11) is 0. The zero-order valence-electron chi connectivity index (χ0n) is 13.3. The minimum atomic E-state index is 0.496. The van der Waals surface area contributed by atoms with Gasteiger partial charge in [-0.2, -0.15) is 0 Å². The van der Waals surface area contributed by atoms with E-state index in [1.54, 1.807) is 0 Å². The topological polar surface area (TPSA) is 49.4 Å². The van der Waals surface area contributed by atoms with Gasteiger partial charge >= 0.3 is 162 Å². The van der Waals surface area contributed by atoms with Gasteiger partial charge in [-0.3, -0.25) is 0 Å². The van der Waals surface area contributed by atoms with E-state index in [-0.39, 0.29) is 0 Å². The number of nitrogens with zero attached hydrogens (tertiary/aromatic N) is 4. The molecule has 0 aromatic rings. The first kappa shape index (κ1) is 14.8. The predicted octanol–water partition coefficient (Wildman–Crippen LogP) is 3.45. The number of allylic oxidation sites excluding steroid dienone is 12. The zero-order valence-corrected chi connectivity index (χ0v) is 18.8. The van der Waals surface area contributed by atoms with Gasteiger partial charge in [-0.25, -0.2) is 0 Å². The molecule has 5 heterocycles. The third-order valence-corrected chi connectivity index (χ3v) is 6.32. The van der Waals surface area contributed by atoms with Crippen molar-refractivity contribution in [3.05, 3.63) is 92.7 Å². The first-order valence-corrected chi connectivity index (χ1v) is 10.8. The maximum atomic E-state index is 4.74. The number of hydrogen-bond acceptors (Lipinski definition) is 4. The van der Waals surface area contributed by atoms with Gasteiger partial charge in [-0.15, -0.1) is 0 Å². The van der Waals surface area contributed by atoms with Crippen LogP contribution in [-0.2, 0) is 26.1 Å². The van der Waals surface area contributed by atoms with E-state index < -0.39 is 0 Å². The fourth-order valence-electron chi connectivity index (χ4n) is 2.95. The second kappa shape index (κ2) is 5.81. The Kier molecular flexibility index (Phi) is 3.45. The molecule has 25 heavy (non-hydrogen) atoms. The van der Waals surface area contributed by atoms with Gasteiger partial charge in [-0.1, -0.05) is 0 Å².